The average Bonchev–Trinajstić information content (AvgIpc) is 2.57. The number of pyridine rings is 1. The van der Waals surface area contributed by atoms with Crippen LogP contribution in [0.2, 0.25) is 0 Å². The summed E-state index contributed by atoms with van der Waals surface area (Å²) in [6.07, 6.45) is 5.80. The minimum absolute atomic E-state index is 0.277. The topological polar surface area (TPSA) is 34.6 Å². The third kappa shape index (κ3) is 2.75. The van der Waals surface area contributed by atoms with Gasteiger partial charge in [0.2, 0.25) is 0 Å². The van der Waals surface area contributed by atoms with E-state index in [1.54, 1.807) is 14.2 Å². The number of methoxy groups -OCH3 is 2. The van der Waals surface area contributed by atoms with Gasteiger partial charge in [-0.1, -0.05) is 11.6 Å². The fraction of sp³-hybridized carbons (Fsp3) is 0.278. The summed E-state index contributed by atoms with van der Waals surface area (Å²) in [4.78, 5) is 6.35. The first-order valence-corrected chi connectivity index (χ1v) is 7.75. The molecule has 2 heterocycles. The van der Waals surface area contributed by atoms with Crippen molar-refractivity contribution in [1.82, 2.24) is 4.98 Å². The average molecular weight is 331 g/mol. The summed E-state index contributed by atoms with van der Waals surface area (Å²) < 4.78 is 10.7. The summed E-state index contributed by atoms with van der Waals surface area (Å²) in [5, 5.41) is 0. The molecule has 0 radical (unpaired) electrons. The quantitative estimate of drug-likeness (QED) is 0.630. The number of likely N-dealkylation sites (N-methyl/N-ethyl adjacent to an activating group) is 1. The number of halogens is 1. The van der Waals surface area contributed by atoms with E-state index in [1.807, 2.05) is 44.6 Å². The minimum Gasteiger partial charge on any atom is -0.497 e. The lowest BCUT2D eigenvalue weighted by molar-refractivity contribution is 0.394. The van der Waals surface area contributed by atoms with Gasteiger partial charge in [0.1, 0.15) is 17.0 Å². The SMILES string of the molecule is COc1cc(OC)cc(C2=Cc3cncc(C)c3N(C)C2Cl)c1. The van der Waals surface area contributed by atoms with Crippen LogP contribution in [0.5, 0.6) is 11.5 Å². The Kier molecular flexibility index (Phi) is 4.18. The van der Waals surface area contributed by atoms with Crippen LogP contribution in [0.1, 0.15) is 16.7 Å². The van der Waals surface area contributed by atoms with E-state index < -0.39 is 0 Å². The van der Waals surface area contributed by atoms with Gasteiger partial charge in [-0.2, -0.15) is 0 Å². The summed E-state index contributed by atoms with van der Waals surface area (Å²) >= 11 is 6.71. The van der Waals surface area contributed by atoms with Crippen LogP contribution in [-0.2, 0) is 0 Å². The van der Waals surface area contributed by atoms with Gasteiger partial charge in [0.25, 0.3) is 0 Å². The van der Waals surface area contributed by atoms with E-state index in [-0.39, 0.29) is 5.50 Å². The van der Waals surface area contributed by atoms with Gasteiger partial charge in [-0.15, -0.1) is 0 Å². The van der Waals surface area contributed by atoms with Gasteiger partial charge in [-0.05, 0) is 41.8 Å². The standard InChI is InChI=1S/C18H19ClN2O2/c1-11-9-20-10-13-7-16(18(19)21(2)17(11)13)12-5-14(22-3)8-15(6-12)23-4/h5-10,18H,1-4H3. The number of hydrogen-bond donors (Lipinski definition) is 0. The van der Waals surface area contributed by atoms with Crippen LogP contribution in [0, 0.1) is 6.92 Å². The molecule has 0 N–H and O–H groups in total. The van der Waals surface area contributed by atoms with Crippen molar-refractivity contribution in [1.29, 1.82) is 0 Å². The van der Waals surface area contributed by atoms with E-state index in [4.69, 9.17) is 21.1 Å². The van der Waals surface area contributed by atoms with Crippen LogP contribution < -0.4 is 14.4 Å². The zero-order chi connectivity index (χ0) is 16.6. The third-order valence-corrected chi connectivity index (χ3v) is 4.60. The molecule has 0 aliphatic carbocycles. The number of hydrogen-bond acceptors (Lipinski definition) is 4. The molecule has 1 unspecified atom stereocenters. The van der Waals surface area contributed by atoms with Gasteiger partial charge < -0.3 is 14.4 Å². The second-order valence-corrected chi connectivity index (χ2v) is 5.96. The number of ether oxygens (including phenoxy) is 2. The van der Waals surface area contributed by atoms with E-state index in [9.17, 15) is 0 Å². The van der Waals surface area contributed by atoms with E-state index in [2.05, 4.69) is 16.0 Å². The Labute approximate surface area is 141 Å². The van der Waals surface area contributed by atoms with Crippen LogP contribution in [0.15, 0.2) is 30.6 Å². The molecule has 0 saturated heterocycles. The van der Waals surface area contributed by atoms with E-state index in [0.29, 0.717) is 0 Å². The highest BCUT2D eigenvalue weighted by Gasteiger charge is 2.27. The molecule has 1 aromatic carbocycles. The van der Waals surface area contributed by atoms with Crippen molar-refractivity contribution in [3.63, 3.8) is 0 Å². The molecular weight excluding hydrogens is 312 g/mol. The zero-order valence-corrected chi connectivity index (χ0v) is 14.4. The molecular formula is C18H19ClN2O2. The monoisotopic (exact) mass is 330 g/mol. The number of alkyl halides is 1. The molecule has 4 nitrogen and oxygen atoms in total. The number of aryl methyl sites for hydroxylation is 1. The third-order valence-electron chi connectivity index (χ3n) is 4.07. The molecule has 2 aromatic rings. The number of benzene rings is 1. The Morgan fingerprint density at radius 1 is 1.09 bits per heavy atom. The number of aromatic nitrogens is 1. The Balaban J connectivity index is 2.16. The summed E-state index contributed by atoms with van der Waals surface area (Å²) in [6, 6.07) is 5.77. The van der Waals surface area contributed by atoms with Crippen LogP contribution >= 0.6 is 11.6 Å². The van der Waals surface area contributed by atoms with Crippen LogP contribution in [0.3, 0.4) is 0 Å². The number of fused-ring (bicyclic) bond motifs is 1. The highest BCUT2D eigenvalue weighted by molar-refractivity contribution is 6.29. The predicted molar refractivity (Wildman–Crippen MR) is 94.4 cm³/mol. The molecule has 1 aliphatic rings. The van der Waals surface area contributed by atoms with Crippen LogP contribution in [-0.4, -0.2) is 31.8 Å². The van der Waals surface area contributed by atoms with Crippen molar-refractivity contribution in [3.8, 4) is 11.5 Å². The van der Waals surface area contributed by atoms with Gasteiger partial charge in [-0.3, -0.25) is 4.98 Å². The Hall–Kier alpha value is -2.20. The molecule has 0 saturated carbocycles. The molecule has 1 aliphatic heterocycles. The van der Waals surface area contributed by atoms with Gasteiger partial charge >= 0.3 is 0 Å². The highest BCUT2D eigenvalue weighted by Crippen LogP contribution is 2.40. The molecule has 3 rings (SSSR count). The largest absolute Gasteiger partial charge is 0.497 e. The van der Waals surface area contributed by atoms with Crippen molar-refractivity contribution >= 4 is 28.9 Å². The summed E-state index contributed by atoms with van der Waals surface area (Å²) in [5.74, 6) is 1.47. The minimum atomic E-state index is -0.277. The normalized spacial score (nSPS) is 16.7. The Morgan fingerprint density at radius 2 is 1.74 bits per heavy atom. The molecule has 0 bridgehead atoms. The maximum atomic E-state index is 6.71. The lowest BCUT2D eigenvalue weighted by Gasteiger charge is -2.34. The lowest BCUT2D eigenvalue weighted by Crippen LogP contribution is -2.31. The molecule has 0 amide bonds. The van der Waals surface area contributed by atoms with Crippen LogP contribution in [0.4, 0.5) is 5.69 Å². The number of anilines is 1. The Bertz CT molecular complexity index is 751. The molecule has 0 spiro atoms. The number of nitrogens with zero attached hydrogens (tertiary/aromatic N) is 2. The Morgan fingerprint density at radius 3 is 2.35 bits per heavy atom. The maximum absolute atomic E-state index is 6.71. The summed E-state index contributed by atoms with van der Waals surface area (Å²) in [6.45, 7) is 2.04. The van der Waals surface area contributed by atoms with Gasteiger partial charge in [0.05, 0.1) is 19.9 Å². The molecule has 5 heteroatoms. The van der Waals surface area contributed by atoms with E-state index >= 15 is 0 Å². The first-order valence-electron chi connectivity index (χ1n) is 7.31. The van der Waals surface area contributed by atoms with Gasteiger partial charge in [0, 0.05) is 31.1 Å². The molecule has 23 heavy (non-hydrogen) atoms. The maximum Gasteiger partial charge on any atom is 0.130 e. The number of rotatable bonds is 3. The zero-order valence-electron chi connectivity index (χ0n) is 13.6. The molecule has 1 atom stereocenters. The predicted octanol–water partition coefficient (Wildman–Crippen LogP) is 3.96. The van der Waals surface area contributed by atoms with Crippen molar-refractivity contribution in [2.45, 2.75) is 12.4 Å². The van der Waals surface area contributed by atoms with Crippen molar-refractivity contribution < 1.29 is 9.47 Å². The van der Waals surface area contributed by atoms with Crippen molar-refractivity contribution in [3.05, 3.63) is 47.3 Å². The second kappa shape index (κ2) is 6.13. The van der Waals surface area contributed by atoms with E-state index in [1.165, 1.54) is 0 Å². The lowest BCUT2D eigenvalue weighted by atomic mass is 9.96. The summed E-state index contributed by atoms with van der Waals surface area (Å²) in [5.41, 5.74) is 4.96. The van der Waals surface area contributed by atoms with Gasteiger partial charge in [-0.25, -0.2) is 0 Å². The van der Waals surface area contributed by atoms with Crippen molar-refractivity contribution in [2.24, 2.45) is 0 Å². The molecule has 0 fully saturated rings. The fourth-order valence-electron chi connectivity index (χ4n) is 2.92. The molecule has 120 valence electrons. The van der Waals surface area contributed by atoms with E-state index in [0.717, 1.165) is 39.4 Å². The molecule has 1 aromatic heterocycles. The fourth-order valence-corrected chi connectivity index (χ4v) is 3.21. The van der Waals surface area contributed by atoms with Gasteiger partial charge in [0.15, 0.2) is 0 Å². The van der Waals surface area contributed by atoms with Crippen LogP contribution in [0.25, 0.3) is 11.6 Å². The summed E-state index contributed by atoms with van der Waals surface area (Å²) in [7, 11) is 5.27. The van der Waals surface area contributed by atoms with Crippen molar-refractivity contribution in [2.75, 3.05) is 26.2 Å². The first-order chi connectivity index (χ1) is 11.0. The second-order valence-electron chi connectivity index (χ2n) is 5.54. The first kappa shape index (κ1) is 15.7. The highest BCUT2D eigenvalue weighted by atomic mass is 35.5. The smallest absolute Gasteiger partial charge is 0.130 e.